The molecule has 0 aliphatic carbocycles. The van der Waals surface area contributed by atoms with Crippen LogP contribution in [-0.2, 0) is 0 Å². The average Bonchev–Trinajstić information content (AvgIpc) is 2.48. The highest BCUT2D eigenvalue weighted by Crippen LogP contribution is 2.33. The fourth-order valence-electron chi connectivity index (χ4n) is 2.55. The van der Waals surface area contributed by atoms with Crippen LogP contribution in [0.25, 0.3) is 10.8 Å². The quantitative estimate of drug-likeness (QED) is 0.686. The van der Waals surface area contributed by atoms with Gasteiger partial charge >= 0.3 is 0 Å². The number of imide groups is 1. The summed E-state index contributed by atoms with van der Waals surface area (Å²) in [4.78, 5) is 25.6. The molecule has 3 rings (SSSR count). The molecule has 0 saturated heterocycles. The molecule has 4 nitrogen and oxygen atoms in total. The number of amides is 2. The number of carbonyl (C=O) groups excluding carboxylic acids is 2. The van der Waals surface area contributed by atoms with Crippen LogP contribution < -0.4 is 5.32 Å². The molecule has 100 valence electrons. The second-order valence-corrected chi connectivity index (χ2v) is 4.73. The van der Waals surface area contributed by atoms with Crippen LogP contribution in [0.1, 0.15) is 20.7 Å². The molecule has 0 unspecified atom stereocenters. The second-order valence-electron chi connectivity index (χ2n) is 4.73. The molecule has 1 aliphatic heterocycles. The zero-order valence-corrected chi connectivity index (χ0v) is 11.1. The van der Waals surface area contributed by atoms with E-state index in [9.17, 15) is 9.59 Å². The number of anilines is 1. The Bertz CT molecular complexity index is 727. The molecule has 0 aromatic heterocycles. The molecule has 0 spiro atoms. The predicted molar refractivity (Wildman–Crippen MR) is 79.1 cm³/mol. The Labute approximate surface area is 116 Å². The van der Waals surface area contributed by atoms with Crippen molar-refractivity contribution in [2.75, 3.05) is 18.9 Å². The molecular formula is C16H14N2O2. The Morgan fingerprint density at radius 2 is 1.85 bits per heavy atom. The van der Waals surface area contributed by atoms with Gasteiger partial charge in [0.2, 0.25) is 0 Å². The van der Waals surface area contributed by atoms with Gasteiger partial charge in [0.25, 0.3) is 11.8 Å². The lowest BCUT2D eigenvalue weighted by Gasteiger charge is -2.24. The van der Waals surface area contributed by atoms with E-state index in [-0.39, 0.29) is 11.8 Å². The fourth-order valence-corrected chi connectivity index (χ4v) is 2.55. The first-order valence-electron chi connectivity index (χ1n) is 6.38. The normalized spacial score (nSPS) is 13.8. The van der Waals surface area contributed by atoms with Gasteiger partial charge < -0.3 is 5.32 Å². The van der Waals surface area contributed by atoms with Gasteiger partial charge in [-0.25, -0.2) is 0 Å². The Morgan fingerprint density at radius 1 is 1.15 bits per heavy atom. The van der Waals surface area contributed by atoms with Crippen molar-refractivity contribution in [1.29, 1.82) is 0 Å². The molecule has 0 atom stereocenters. The molecule has 0 radical (unpaired) electrons. The highest BCUT2D eigenvalue weighted by Gasteiger charge is 2.30. The summed E-state index contributed by atoms with van der Waals surface area (Å²) in [6.45, 7) is 4.30. The molecule has 2 aromatic carbocycles. The van der Waals surface area contributed by atoms with Gasteiger partial charge in [0.1, 0.15) is 0 Å². The summed E-state index contributed by atoms with van der Waals surface area (Å²) in [5.74, 6) is -0.511. The van der Waals surface area contributed by atoms with E-state index in [2.05, 4.69) is 11.9 Å². The summed E-state index contributed by atoms with van der Waals surface area (Å²) < 4.78 is 0. The molecule has 1 aliphatic rings. The maximum atomic E-state index is 12.2. The van der Waals surface area contributed by atoms with Gasteiger partial charge in [-0.05, 0) is 18.2 Å². The molecule has 2 aromatic rings. The van der Waals surface area contributed by atoms with Crippen LogP contribution in [-0.4, -0.2) is 30.3 Å². The fraction of sp³-hybridized carbons (Fsp3) is 0.125. The van der Waals surface area contributed by atoms with Gasteiger partial charge in [-0.15, -0.1) is 6.58 Å². The van der Waals surface area contributed by atoms with Crippen molar-refractivity contribution in [1.82, 2.24) is 4.90 Å². The van der Waals surface area contributed by atoms with E-state index in [1.165, 1.54) is 7.05 Å². The van der Waals surface area contributed by atoms with Gasteiger partial charge in [-0.3, -0.25) is 14.5 Å². The first-order chi connectivity index (χ1) is 9.65. The van der Waals surface area contributed by atoms with E-state index >= 15 is 0 Å². The van der Waals surface area contributed by atoms with Crippen molar-refractivity contribution < 1.29 is 9.59 Å². The summed E-state index contributed by atoms with van der Waals surface area (Å²) in [6.07, 6.45) is 1.76. The molecule has 20 heavy (non-hydrogen) atoms. The molecule has 1 N–H and O–H groups in total. The lowest BCUT2D eigenvalue weighted by atomic mass is 9.93. The standard InChI is InChI=1S/C16H14N2O2/c1-3-9-17-13-8-7-12-14-10(13)5-4-6-11(14)15(19)18(2)16(12)20/h3-8,17H,1,9H2,2H3. The first kappa shape index (κ1) is 12.4. The topological polar surface area (TPSA) is 49.4 Å². The van der Waals surface area contributed by atoms with Gasteiger partial charge in [-0.1, -0.05) is 18.2 Å². The lowest BCUT2D eigenvalue weighted by molar-refractivity contribution is 0.0651. The zero-order chi connectivity index (χ0) is 14.3. The van der Waals surface area contributed by atoms with E-state index < -0.39 is 0 Å². The maximum absolute atomic E-state index is 12.2. The number of hydrogen-bond donors (Lipinski definition) is 1. The summed E-state index contributed by atoms with van der Waals surface area (Å²) >= 11 is 0. The van der Waals surface area contributed by atoms with Crippen molar-refractivity contribution in [3.63, 3.8) is 0 Å². The monoisotopic (exact) mass is 266 g/mol. The number of rotatable bonds is 3. The van der Waals surface area contributed by atoms with Crippen LogP contribution in [0.5, 0.6) is 0 Å². The van der Waals surface area contributed by atoms with Crippen molar-refractivity contribution in [3.05, 3.63) is 54.1 Å². The van der Waals surface area contributed by atoms with Crippen molar-refractivity contribution in [3.8, 4) is 0 Å². The van der Waals surface area contributed by atoms with Crippen molar-refractivity contribution in [2.24, 2.45) is 0 Å². The van der Waals surface area contributed by atoms with Crippen LogP contribution in [0.4, 0.5) is 5.69 Å². The van der Waals surface area contributed by atoms with Crippen molar-refractivity contribution >= 4 is 28.3 Å². The predicted octanol–water partition coefficient (Wildman–Crippen LogP) is 2.66. The van der Waals surface area contributed by atoms with Gasteiger partial charge in [0.15, 0.2) is 0 Å². The van der Waals surface area contributed by atoms with Crippen LogP contribution in [0.2, 0.25) is 0 Å². The van der Waals surface area contributed by atoms with Crippen LogP contribution >= 0.6 is 0 Å². The van der Waals surface area contributed by atoms with Gasteiger partial charge in [0, 0.05) is 41.2 Å². The van der Waals surface area contributed by atoms with E-state index in [4.69, 9.17) is 0 Å². The molecule has 2 amide bonds. The molecule has 0 saturated carbocycles. The number of nitrogens with zero attached hydrogens (tertiary/aromatic N) is 1. The van der Waals surface area contributed by atoms with Crippen LogP contribution in [0.3, 0.4) is 0 Å². The number of carbonyl (C=O) groups is 2. The molecular weight excluding hydrogens is 252 g/mol. The van der Waals surface area contributed by atoms with Crippen molar-refractivity contribution in [2.45, 2.75) is 0 Å². The Morgan fingerprint density at radius 3 is 2.55 bits per heavy atom. The first-order valence-corrected chi connectivity index (χ1v) is 6.38. The third-order valence-electron chi connectivity index (χ3n) is 3.55. The second kappa shape index (κ2) is 4.49. The van der Waals surface area contributed by atoms with Crippen LogP contribution in [0.15, 0.2) is 43.0 Å². The SMILES string of the molecule is C=CCNc1ccc2c3c(cccc13)C(=O)N(C)C2=O. The third-order valence-corrected chi connectivity index (χ3v) is 3.55. The molecule has 4 heteroatoms. The highest BCUT2D eigenvalue weighted by molar-refractivity contribution is 6.26. The summed E-state index contributed by atoms with van der Waals surface area (Å²) in [5.41, 5.74) is 2.04. The molecule has 1 heterocycles. The minimum absolute atomic E-state index is 0.256. The smallest absolute Gasteiger partial charge is 0.261 e. The number of hydrogen-bond acceptors (Lipinski definition) is 3. The van der Waals surface area contributed by atoms with Crippen LogP contribution in [0, 0.1) is 0 Å². The lowest BCUT2D eigenvalue weighted by Crippen LogP contribution is -2.36. The molecule has 0 fully saturated rings. The summed E-state index contributed by atoms with van der Waals surface area (Å²) in [5, 5.41) is 4.84. The Hall–Kier alpha value is -2.62. The summed E-state index contributed by atoms with van der Waals surface area (Å²) in [6, 6.07) is 9.14. The average molecular weight is 266 g/mol. The van der Waals surface area contributed by atoms with E-state index in [1.54, 1.807) is 18.2 Å². The largest absolute Gasteiger partial charge is 0.381 e. The maximum Gasteiger partial charge on any atom is 0.261 e. The third kappa shape index (κ3) is 1.61. The zero-order valence-electron chi connectivity index (χ0n) is 11.1. The van der Waals surface area contributed by atoms with E-state index in [1.807, 2.05) is 18.2 Å². The Kier molecular flexibility index (Phi) is 2.79. The molecule has 0 bridgehead atoms. The van der Waals surface area contributed by atoms with Gasteiger partial charge in [-0.2, -0.15) is 0 Å². The number of nitrogens with one attached hydrogen (secondary N) is 1. The number of benzene rings is 2. The Balaban J connectivity index is 2.32. The van der Waals surface area contributed by atoms with E-state index in [0.717, 1.165) is 21.4 Å². The highest BCUT2D eigenvalue weighted by atomic mass is 16.2. The van der Waals surface area contributed by atoms with Gasteiger partial charge in [0.05, 0.1) is 0 Å². The minimum atomic E-state index is -0.256. The minimum Gasteiger partial charge on any atom is -0.381 e. The summed E-state index contributed by atoms with van der Waals surface area (Å²) in [7, 11) is 1.51. The van der Waals surface area contributed by atoms with E-state index in [0.29, 0.717) is 17.7 Å².